The summed E-state index contributed by atoms with van der Waals surface area (Å²) in [6.07, 6.45) is 1.20. The molecule has 1 N–H and O–H groups in total. The van der Waals surface area contributed by atoms with Crippen molar-refractivity contribution >= 4 is 21.8 Å². The van der Waals surface area contributed by atoms with E-state index in [1.54, 1.807) is 12.1 Å². The Hall–Kier alpha value is -3.00. The predicted octanol–water partition coefficient (Wildman–Crippen LogP) is 2.94. The second kappa shape index (κ2) is 7.32. The van der Waals surface area contributed by atoms with Crippen LogP contribution in [0.15, 0.2) is 51.8 Å². The number of sulfone groups is 1. The Bertz CT molecular complexity index is 1070. The van der Waals surface area contributed by atoms with Crippen molar-refractivity contribution in [1.82, 2.24) is 10.2 Å². The van der Waals surface area contributed by atoms with Gasteiger partial charge in [-0.05, 0) is 43.7 Å². The normalized spacial score (nSPS) is 11.4. The summed E-state index contributed by atoms with van der Waals surface area (Å²) in [5, 5.41) is 10.4. The molecule has 3 aromatic rings. The molecule has 0 bridgehead atoms. The van der Waals surface area contributed by atoms with Gasteiger partial charge in [0.15, 0.2) is 9.84 Å². The molecule has 1 amide bonds. The molecule has 3 rings (SSSR count). The number of aryl methyl sites for hydroxylation is 2. The number of benzene rings is 2. The second-order valence-electron chi connectivity index (χ2n) is 6.43. The van der Waals surface area contributed by atoms with Crippen molar-refractivity contribution in [3.63, 3.8) is 0 Å². The van der Waals surface area contributed by atoms with E-state index in [0.717, 1.165) is 22.9 Å². The average Bonchev–Trinajstić information content (AvgIpc) is 3.02. The van der Waals surface area contributed by atoms with E-state index in [2.05, 4.69) is 15.5 Å². The molecule has 0 fully saturated rings. The van der Waals surface area contributed by atoms with Crippen LogP contribution in [0.25, 0.3) is 11.5 Å². The highest BCUT2D eigenvalue weighted by atomic mass is 32.2. The first-order valence-corrected chi connectivity index (χ1v) is 10.1. The number of hydrogen-bond donors (Lipinski definition) is 1. The summed E-state index contributed by atoms with van der Waals surface area (Å²) < 4.78 is 28.4. The molecule has 1 aromatic heterocycles. The van der Waals surface area contributed by atoms with Gasteiger partial charge in [0, 0.05) is 11.8 Å². The molecule has 8 heteroatoms. The van der Waals surface area contributed by atoms with E-state index in [4.69, 9.17) is 4.42 Å². The van der Waals surface area contributed by atoms with Gasteiger partial charge in [0.05, 0.1) is 11.3 Å². The molecule has 0 aliphatic carbocycles. The molecule has 27 heavy (non-hydrogen) atoms. The minimum atomic E-state index is -3.26. The number of aromatic nitrogens is 2. The standard InChI is InChI=1S/C19H19N3O4S/c1-12-8-13(2)10-15(9-12)18-21-22-19(26-18)20-17(23)11-14-4-6-16(7-5-14)27(3,24)25/h4-10H,11H2,1-3H3,(H,20,22,23). The van der Waals surface area contributed by atoms with E-state index in [1.165, 1.54) is 12.1 Å². The Morgan fingerprint density at radius 1 is 1.04 bits per heavy atom. The summed E-state index contributed by atoms with van der Waals surface area (Å²) in [7, 11) is -3.26. The SMILES string of the molecule is Cc1cc(C)cc(-c2nnc(NC(=O)Cc3ccc(S(C)(=O)=O)cc3)o2)c1. The number of carbonyl (C=O) groups excluding carboxylic acids is 1. The molecule has 0 spiro atoms. The largest absolute Gasteiger partial charge is 0.403 e. The van der Waals surface area contributed by atoms with Gasteiger partial charge in [-0.15, -0.1) is 5.10 Å². The second-order valence-corrected chi connectivity index (χ2v) is 8.45. The summed E-state index contributed by atoms with van der Waals surface area (Å²) in [6.45, 7) is 3.95. The van der Waals surface area contributed by atoms with Gasteiger partial charge in [0.1, 0.15) is 0 Å². The van der Waals surface area contributed by atoms with E-state index in [9.17, 15) is 13.2 Å². The number of nitrogens with one attached hydrogen (secondary N) is 1. The Morgan fingerprint density at radius 2 is 1.67 bits per heavy atom. The molecule has 0 saturated carbocycles. The number of rotatable bonds is 5. The van der Waals surface area contributed by atoms with Gasteiger partial charge in [-0.25, -0.2) is 8.42 Å². The molecule has 0 aliphatic heterocycles. The summed E-state index contributed by atoms with van der Waals surface area (Å²) >= 11 is 0. The van der Waals surface area contributed by atoms with Crippen LogP contribution in [-0.4, -0.2) is 30.8 Å². The van der Waals surface area contributed by atoms with E-state index in [0.29, 0.717) is 11.5 Å². The van der Waals surface area contributed by atoms with Gasteiger partial charge in [-0.3, -0.25) is 10.1 Å². The van der Waals surface area contributed by atoms with Crippen LogP contribution in [0, 0.1) is 13.8 Å². The quantitative estimate of drug-likeness (QED) is 0.724. The number of hydrogen-bond acceptors (Lipinski definition) is 6. The highest BCUT2D eigenvalue weighted by Crippen LogP contribution is 2.22. The van der Waals surface area contributed by atoms with Gasteiger partial charge in [0.2, 0.25) is 11.8 Å². The molecular formula is C19H19N3O4S. The zero-order valence-electron chi connectivity index (χ0n) is 15.2. The lowest BCUT2D eigenvalue weighted by Crippen LogP contribution is -2.14. The maximum atomic E-state index is 12.2. The van der Waals surface area contributed by atoms with Gasteiger partial charge >= 0.3 is 6.01 Å². The van der Waals surface area contributed by atoms with E-state index >= 15 is 0 Å². The topological polar surface area (TPSA) is 102 Å². The van der Waals surface area contributed by atoms with Crippen molar-refractivity contribution in [2.45, 2.75) is 25.2 Å². The van der Waals surface area contributed by atoms with Crippen molar-refractivity contribution < 1.29 is 17.6 Å². The third-order valence-electron chi connectivity index (χ3n) is 3.86. The number of anilines is 1. The Kier molecular flexibility index (Phi) is 5.09. The van der Waals surface area contributed by atoms with Crippen LogP contribution in [0.3, 0.4) is 0 Å². The number of carbonyl (C=O) groups is 1. The number of amides is 1. The lowest BCUT2D eigenvalue weighted by molar-refractivity contribution is -0.115. The molecule has 0 atom stereocenters. The average molecular weight is 385 g/mol. The molecule has 140 valence electrons. The highest BCUT2D eigenvalue weighted by Gasteiger charge is 2.13. The minimum absolute atomic E-state index is 0.0157. The fraction of sp³-hybridized carbons (Fsp3) is 0.211. The maximum Gasteiger partial charge on any atom is 0.322 e. The maximum absolute atomic E-state index is 12.2. The third-order valence-corrected chi connectivity index (χ3v) is 4.98. The minimum Gasteiger partial charge on any atom is -0.403 e. The monoisotopic (exact) mass is 385 g/mol. The van der Waals surface area contributed by atoms with Crippen molar-refractivity contribution in [1.29, 1.82) is 0 Å². The van der Waals surface area contributed by atoms with Gasteiger partial charge in [-0.2, -0.15) is 0 Å². The van der Waals surface area contributed by atoms with E-state index in [1.807, 2.05) is 32.0 Å². The fourth-order valence-electron chi connectivity index (χ4n) is 2.69. The third kappa shape index (κ3) is 4.79. The van der Waals surface area contributed by atoms with E-state index < -0.39 is 9.84 Å². The molecule has 0 aliphatic rings. The van der Waals surface area contributed by atoms with Crippen molar-refractivity contribution in [2.75, 3.05) is 11.6 Å². The van der Waals surface area contributed by atoms with Crippen LogP contribution in [0.4, 0.5) is 6.01 Å². The predicted molar refractivity (Wildman–Crippen MR) is 101 cm³/mol. The zero-order valence-corrected chi connectivity index (χ0v) is 16.0. The van der Waals surface area contributed by atoms with Crippen molar-refractivity contribution in [3.05, 3.63) is 59.2 Å². The van der Waals surface area contributed by atoms with Crippen LogP contribution < -0.4 is 5.32 Å². The van der Waals surface area contributed by atoms with Crippen LogP contribution >= 0.6 is 0 Å². The van der Waals surface area contributed by atoms with Crippen LogP contribution in [-0.2, 0) is 21.1 Å². The molecule has 7 nitrogen and oxygen atoms in total. The smallest absolute Gasteiger partial charge is 0.322 e. The molecule has 1 heterocycles. The lowest BCUT2D eigenvalue weighted by atomic mass is 10.1. The summed E-state index contributed by atoms with van der Waals surface area (Å²) in [5.74, 6) is -0.00710. The van der Waals surface area contributed by atoms with Gasteiger partial charge < -0.3 is 4.42 Å². The Balaban J connectivity index is 1.67. The summed E-state index contributed by atoms with van der Waals surface area (Å²) in [4.78, 5) is 12.4. The lowest BCUT2D eigenvalue weighted by Gasteiger charge is -2.03. The first-order valence-electron chi connectivity index (χ1n) is 8.22. The first kappa shape index (κ1) is 18.8. The van der Waals surface area contributed by atoms with Crippen LogP contribution in [0.5, 0.6) is 0 Å². The molecule has 0 radical (unpaired) electrons. The number of nitrogens with zero attached hydrogens (tertiary/aromatic N) is 2. The van der Waals surface area contributed by atoms with Crippen LogP contribution in [0.2, 0.25) is 0 Å². The highest BCUT2D eigenvalue weighted by molar-refractivity contribution is 7.90. The Morgan fingerprint density at radius 3 is 2.26 bits per heavy atom. The molecule has 0 unspecified atom stereocenters. The zero-order chi connectivity index (χ0) is 19.6. The summed E-state index contributed by atoms with van der Waals surface area (Å²) in [6, 6.07) is 12.1. The molecule has 0 saturated heterocycles. The first-order chi connectivity index (χ1) is 12.7. The van der Waals surface area contributed by atoms with Crippen molar-refractivity contribution in [2.24, 2.45) is 0 Å². The van der Waals surface area contributed by atoms with Gasteiger partial charge in [0.25, 0.3) is 0 Å². The Labute approximate surface area is 157 Å². The molecular weight excluding hydrogens is 366 g/mol. The van der Waals surface area contributed by atoms with Gasteiger partial charge in [-0.1, -0.05) is 34.4 Å². The fourth-order valence-corrected chi connectivity index (χ4v) is 3.32. The summed E-state index contributed by atoms with van der Waals surface area (Å²) in [5.41, 5.74) is 3.61. The molecule has 2 aromatic carbocycles. The van der Waals surface area contributed by atoms with Crippen LogP contribution in [0.1, 0.15) is 16.7 Å². The van der Waals surface area contributed by atoms with Crippen molar-refractivity contribution in [3.8, 4) is 11.5 Å². The van der Waals surface area contributed by atoms with E-state index in [-0.39, 0.29) is 23.2 Å².